The van der Waals surface area contributed by atoms with Gasteiger partial charge in [0, 0.05) is 51.0 Å². The molecular formula is C26H38IN5O. The first-order valence-corrected chi connectivity index (χ1v) is 11.8. The molecule has 0 aromatic heterocycles. The van der Waals surface area contributed by atoms with Gasteiger partial charge in [-0.15, -0.1) is 24.0 Å². The summed E-state index contributed by atoms with van der Waals surface area (Å²) >= 11 is 0. The van der Waals surface area contributed by atoms with Crippen LogP contribution in [0, 0.1) is 0 Å². The second-order valence-electron chi connectivity index (χ2n) is 8.26. The zero-order chi connectivity index (χ0) is 22.9. The quantitative estimate of drug-likeness (QED) is 0.275. The monoisotopic (exact) mass is 563 g/mol. The normalized spacial score (nSPS) is 14.4. The summed E-state index contributed by atoms with van der Waals surface area (Å²) < 4.78 is 0. The van der Waals surface area contributed by atoms with Crippen molar-refractivity contribution in [1.82, 2.24) is 15.5 Å². The number of anilines is 1. The third-order valence-corrected chi connectivity index (χ3v) is 6.13. The van der Waals surface area contributed by atoms with E-state index in [1.54, 1.807) is 7.05 Å². The summed E-state index contributed by atoms with van der Waals surface area (Å²) in [5.41, 5.74) is 4.38. The number of nitrogens with one attached hydrogen (secondary N) is 2. The second kappa shape index (κ2) is 13.4. The van der Waals surface area contributed by atoms with Crippen molar-refractivity contribution >= 4 is 41.5 Å². The first-order chi connectivity index (χ1) is 15.5. The van der Waals surface area contributed by atoms with Crippen LogP contribution in [0.1, 0.15) is 61.1 Å². The Balaban J connectivity index is 0.00000385. The van der Waals surface area contributed by atoms with Crippen molar-refractivity contribution in [2.24, 2.45) is 4.99 Å². The maximum absolute atomic E-state index is 12.5. The van der Waals surface area contributed by atoms with Gasteiger partial charge >= 0.3 is 0 Å². The third-order valence-electron chi connectivity index (χ3n) is 6.13. The Morgan fingerprint density at radius 3 is 2.36 bits per heavy atom. The van der Waals surface area contributed by atoms with Gasteiger partial charge in [-0.05, 0) is 69.0 Å². The molecule has 3 rings (SSSR count). The fourth-order valence-electron chi connectivity index (χ4n) is 4.09. The van der Waals surface area contributed by atoms with E-state index < -0.39 is 0 Å². The third kappa shape index (κ3) is 7.35. The lowest BCUT2D eigenvalue weighted by molar-refractivity contribution is 0.0773. The van der Waals surface area contributed by atoms with Crippen LogP contribution in [0.2, 0.25) is 0 Å². The molecule has 0 spiro atoms. The molecular weight excluding hydrogens is 525 g/mol. The van der Waals surface area contributed by atoms with Crippen LogP contribution in [0.3, 0.4) is 0 Å². The summed E-state index contributed by atoms with van der Waals surface area (Å²) in [6.45, 7) is 10.5. The van der Waals surface area contributed by atoms with Crippen LogP contribution in [0.15, 0.2) is 53.5 Å². The lowest BCUT2D eigenvalue weighted by Crippen LogP contribution is -2.38. The Kier molecular flexibility index (Phi) is 11.0. The van der Waals surface area contributed by atoms with Gasteiger partial charge in [-0.25, -0.2) is 0 Å². The molecule has 1 fully saturated rings. The van der Waals surface area contributed by atoms with Crippen LogP contribution in [0.5, 0.6) is 0 Å². The first kappa shape index (κ1) is 27.0. The van der Waals surface area contributed by atoms with Crippen LogP contribution in [0.25, 0.3) is 0 Å². The molecule has 0 bridgehead atoms. The average molecular weight is 564 g/mol. The minimum absolute atomic E-state index is 0. The van der Waals surface area contributed by atoms with Crippen LogP contribution in [-0.4, -0.2) is 50.0 Å². The maximum atomic E-state index is 12.5. The topological polar surface area (TPSA) is 60.0 Å². The van der Waals surface area contributed by atoms with Crippen LogP contribution < -0.4 is 15.5 Å². The fraction of sp³-hybridized carbons (Fsp3) is 0.462. The number of halogens is 1. The van der Waals surface area contributed by atoms with Gasteiger partial charge in [0.05, 0.1) is 6.04 Å². The van der Waals surface area contributed by atoms with E-state index in [1.165, 1.54) is 24.1 Å². The van der Waals surface area contributed by atoms with Crippen molar-refractivity contribution < 1.29 is 4.79 Å². The molecule has 7 heteroatoms. The molecule has 1 amide bonds. The number of aliphatic imine (C=N–C) groups is 1. The highest BCUT2D eigenvalue weighted by Gasteiger charge is 2.15. The number of carbonyl (C=O) groups is 1. The SMILES string of the molecule is CCN(CC)C(=O)c1ccc(CNC(=NC)NC(C)c2cccc(N3CCCC3)c2)cc1.I. The van der Waals surface area contributed by atoms with Gasteiger partial charge in [0.25, 0.3) is 5.91 Å². The van der Waals surface area contributed by atoms with Crippen molar-refractivity contribution in [2.45, 2.75) is 46.2 Å². The molecule has 1 aliphatic heterocycles. The van der Waals surface area contributed by atoms with Crippen molar-refractivity contribution in [3.8, 4) is 0 Å². The highest BCUT2D eigenvalue weighted by atomic mass is 127. The smallest absolute Gasteiger partial charge is 0.253 e. The molecule has 1 saturated heterocycles. The van der Waals surface area contributed by atoms with Crippen LogP contribution in [0.4, 0.5) is 5.69 Å². The molecule has 1 atom stereocenters. The zero-order valence-electron chi connectivity index (χ0n) is 20.3. The summed E-state index contributed by atoms with van der Waals surface area (Å²) in [5.74, 6) is 0.837. The predicted octanol–water partition coefficient (Wildman–Crippen LogP) is 4.81. The van der Waals surface area contributed by atoms with Gasteiger partial charge in [-0.1, -0.05) is 24.3 Å². The van der Waals surface area contributed by atoms with Crippen LogP contribution >= 0.6 is 24.0 Å². The molecule has 0 aliphatic carbocycles. The van der Waals surface area contributed by atoms with Gasteiger partial charge < -0.3 is 20.4 Å². The molecule has 0 radical (unpaired) electrons. The van der Waals surface area contributed by atoms with E-state index in [-0.39, 0.29) is 35.9 Å². The Labute approximate surface area is 215 Å². The van der Waals surface area contributed by atoms with E-state index in [2.05, 4.69) is 51.7 Å². The summed E-state index contributed by atoms with van der Waals surface area (Å²) in [5, 5.41) is 6.87. The minimum Gasteiger partial charge on any atom is -0.372 e. The first-order valence-electron chi connectivity index (χ1n) is 11.8. The number of hydrogen-bond acceptors (Lipinski definition) is 3. The van der Waals surface area contributed by atoms with Crippen molar-refractivity contribution in [2.75, 3.05) is 38.1 Å². The molecule has 1 aliphatic rings. The van der Waals surface area contributed by atoms with E-state index >= 15 is 0 Å². The Hall–Kier alpha value is -2.29. The largest absolute Gasteiger partial charge is 0.372 e. The van der Waals surface area contributed by atoms with Crippen LogP contribution in [-0.2, 0) is 6.54 Å². The number of carbonyl (C=O) groups excluding carboxylic acids is 1. The predicted molar refractivity (Wildman–Crippen MR) is 149 cm³/mol. The molecule has 2 aromatic carbocycles. The van der Waals surface area contributed by atoms with Crippen molar-refractivity contribution in [3.05, 3.63) is 65.2 Å². The summed E-state index contributed by atoms with van der Waals surface area (Å²) in [7, 11) is 1.79. The number of amides is 1. The lowest BCUT2D eigenvalue weighted by Gasteiger charge is -2.22. The molecule has 180 valence electrons. The van der Waals surface area contributed by atoms with Gasteiger partial charge in [0.15, 0.2) is 5.96 Å². The zero-order valence-corrected chi connectivity index (χ0v) is 22.6. The second-order valence-corrected chi connectivity index (χ2v) is 8.26. The maximum Gasteiger partial charge on any atom is 0.253 e. The fourth-order valence-corrected chi connectivity index (χ4v) is 4.09. The number of hydrogen-bond donors (Lipinski definition) is 2. The van der Waals surface area contributed by atoms with Crippen molar-refractivity contribution in [1.29, 1.82) is 0 Å². The lowest BCUT2D eigenvalue weighted by atomic mass is 10.1. The summed E-state index contributed by atoms with van der Waals surface area (Å²) in [6, 6.07) is 16.7. The molecule has 0 saturated carbocycles. The molecule has 33 heavy (non-hydrogen) atoms. The molecule has 6 nitrogen and oxygen atoms in total. The Bertz CT molecular complexity index is 905. The molecule has 2 aromatic rings. The van der Waals surface area contributed by atoms with E-state index in [9.17, 15) is 4.79 Å². The summed E-state index contributed by atoms with van der Waals surface area (Å²) in [4.78, 5) is 21.1. The summed E-state index contributed by atoms with van der Waals surface area (Å²) in [6.07, 6.45) is 2.55. The minimum atomic E-state index is 0. The molecule has 1 heterocycles. The Morgan fingerprint density at radius 2 is 1.76 bits per heavy atom. The number of guanidine groups is 1. The standard InChI is InChI=1S/C26H37N5O.HI/c1-5-30(6-2)25(32)22-14-12-21(13-15-22)19-28-26(27-4)29-20(3)23-10-9-11-24(18-23)31-16-7-8-17-31;/h9-15,18,20H,5-8,16-17,19H2,1-4H3,(H2,27,28,29);1H. The number of benzene rings is 2. The van der Waals surface area contributed by atoms with E-state index in [4.69, 9.17) is 0 Å². The van der Waals surface area contributed by atoms with Gasteiger partial charge in [-0.2, -0.15) is 0 Å². The highest BCUT2D eigenvalue weighted by Crippen LogP contribution is 2.24. The average Bonchev–Trinajstić information content (AvgIpc) is 3.38. The van der Waals surface area contributed by atoms with E-state index in [0.29, 0.717) is 6.54 Å². The van der Waals surface area contributed by atoms with Crippen molar-refractivity contribution in [3.63, 3.8) is 0 Å². The van der Waals surface area contributed by atoms with E-state index in [0.717, 1.165) is 43.3 Å². The van der Waals surface area contributed by atoms with Gasteiger partial charge in [0.2, 0.25) is 0 Å². The highest BCUT2D eigenvalue weighted by molar-refractivity contribution is 14.0. The number of rotatable bonds is 8. The van der Waals surface area contributed by atoms with Gasteiger partial charge in [-0.3, -0.25) is 9.79 Å². The number of nitrogens with zero attached hydrogens (tertiary/aromatic N) is 3. The Morgan fingerprint density at radius 1 is 1.09 bits per heavy atom. The van der Waals surface area contributed by atoms with E-state index in [1.807, 2.05) is 43.0 Å². The molecule has 2 N–H and O–H groups in total. The van der Waals surface area contributed by atoms with Gasteiger partial charge in [0.1, 0.15) is 0 Å². The molecule has 1 unspecified atom stereocenters.